The molecule has 1 nitrogen and oxygen atoms in total. The third-order valence-electron chi connectivity index (χ3n) is 2.93. The van der Waals surface area contributed by atoms with E-state index in [9.17, 15) is 4.39 Å². The van der Waals surface area contributed by atoms with Gasteiger partial charge >= 0.3 is 0 Å². The van der Waals surface area contributed by atoms with Crippen molar-refractivity contribution in [1.29, 1.82) is 0 Å². The minimum Gasteiger partial charge on any atom is -0.324 e. The van der Waals surface area contributed by atoms with E-state index in [2.05, 4.69) is 0 Å². The first-order valence-electron chi connectivity index (χ1n) is 5.82. The summed E-state index contributed by atoms with van der Waals surface area (Å²) in [5.41, 5.74) is 9.06. The Kier molecular flexibility index (Phi) is 4.00. The summed E-state index contributed by atoms with van der Waals surface area (Å²) in [7, 11) is 0. The summed E-state index contributed by atoms with van der Waals surface area (Å²) in [6.07, 6.45) is 0.642. The number of benzene rings is 2. The highest BCUT2D eigenvalue weighted by Gasteiger charge is 2.12. The monoisotopic (exact) mass is 263 g/mol. The Hall–Kier alpha value is -1.38. The summed E-state index contributed by atoms with van der Waals surface area (Å²) < 4.78 is 13.2. The van der Waals surface area contributed by atoms with Crippen LogP contribution in [-0.2, 0) is 6.42 Å². The highest BCUT2D eigenvalue weighted by atomic mass is 35.5. The van der Waals surface area contributed by atoms with Crippen LogP contribution in [0.15, 0.2) is 42.5 Å². The molecule has 0 aliphatic heterocycles. The predicted molar refractivity (Wildman–Crippen MR) is 73.2 cm³/mol. The van der Waals surface area contributed by atoms with Gasteiger partial charge in [-0.1, -0.05) is 41.4 Å². The summed E-state index contributed by atoms with van der Waals surface area (Å²) in [5, 5.41) is 0.510. The van der Waals surface area contributed by atoms with Crippen LogP contribution in [0.4, 0.5) is 4.39 Å². The van der Waals surface area contributed by atoms with Crippen molar-refractivity contribution in [3.63, 3.8) is 0 Å². The first-order chi connectivity index (χ1) is 8.56. The highest BCUT2D eigenvalue weighted by Crippen LogP contribution is 2.25. The van der Waals surface area contributed by atoms with Crippen LogP contribution in [0.25, 0.3) is 0 Å². The molecule has 2 aromatic carbocycles. The van der Waals surface area contributed by atoms with E-state index >= 15 is 0 Å². The van der Waals surface area contributed by atoms with Crippen LogP contribution < -0.4 is 5.73 Å². The van der Waals surface area contributed by atoms with Crippen LogP contribution >= 0.6 is 11.6 Å². The molecule has 94 valence electrons. The van der Waals surface area contributed by atoms with Gasteiger partial charge in [-0.2, -0.15) is 0 Å². The van der Waals surface area contributed by atoms with Crippen molar-refractivity contribution < 1.29 is 4.39 Å². The summed E-state index contributed by atoms with van der Waals surface area (Å²) in [5.74, 6) is -0.311. The fourth-order valence-electron chi connectivity index (χ4n) is 1.89. The lowest BCUT2D eigenvalue weighted by Crippen LogP contribution is -2.14. The van der Waals surface area contributed by atoms with Crippen LogP contribution in [0.3, 0.4) is 0 Å². The Labute approximate surface area is 111 Å². The van der Waals surface area contributed by atoms with Gasteiger partial charge in [0.15, 0.2) is 0 Å². The Balaban J connectivity index is 2.18. The largest absolute Gasteiger partial charge is 0.324 e. The van der Waals surface area contributed by atoms with E-state index in [1.165, 1.54) is 17.7 Å². The maximum Gasteiger partial charge on any atom is 0.123 e. The van der Waals surface area contributed by atoms with Crippen LogP contribution in [0, 0.1) is 12.7 Å². The van der Waals surface area contributed by atoms with E-state index in [0.29, 0.717) is 17.0 Å². The molecule has 2 aromatic rings. The van der Waals surface area contributed by atoms with E-state index in [0.717, 1.165) is 5.56 Å². The van der Waals surface area contributed by atoms with Gasteiger partial charge in [-0.3, -0.25) is 0 Å². The van der Waals surface area contributed by atoms with Gasteiger partial charge < -0.3 is 5.73 Å². The Morgan fingerprint density at radius 3 is 2.50 bits per heavy atom. The van der Waals surface area contributed by atoms with Gasteiger partial charge in [0.2, 0.25) is 0 Å². The number of nitrogens with two attached hydrogens (primary N) is 1. The van der Waals surface area contributed by atoms with Crippen molar-refractivity contribution in [3.8, 4) is 0 Å². The van der Waals surface area contributed by atoms with Crippen LogP contribution in [0.1, 0.15) is 22.7 Å². The maximum atomic E-state index is 13.2. The Bertz CT molecular complexity index is 537. The molecular weight excluding hydrogens is 249 g/mol. The number of hydrogen-bond acceptors (Lipinski definition) is 1. The minimum absolute atomic E-state index is 0.295. The van der Waals surface area contributed by atoms with Gasteiger partial charge in [-0.25, -0.2) is 4.39 Å². The van der Waals surface area contributed by atoms with Gasteiger partial charge in [-0.05, 0) is 42.7 Å². The van der Waals surface area contributed by atoms with E-state index in [4.69, 9.17) is 17.3 Å². The third-order valence-corrected chi connectivity index (χ3v) is 3.28. The lowest BCUT2D eigenvalue weighted by atomic mass is 9.99. The lowest BCUT2D eigenvalue weighted by Gasteiger charge is -2.14. The fourth-order valence-corrected chi connectivity index (χ4v) is 2.14. The molecule has 18 heavy (non-hydrogen) atoms. The van der Waals surface area contributed by atoms with Crippen molar-refractivity contribution in [2.45, 2.75) is 19.4 Å². The zero-order valence-corrected chi connectivity index (χ0v) is 10.9. The fraction of sp³-hybridized carbons (Fsp3) is 0.200. The van der Waals surface area contributed by atoms with E-state index in [1.54, 1.807) is 6.07 Å². The molecule has 0 bridgehead atoms. The first kappa shape index (κ1) is 13.1. The number of hydrogen-bond donors (Lipinski definition) is 1. The van der Waals surface area contributed by atoms with Crippen molar-refractivity contribution in [3.05, 3.63) is 70.0 Å². The molecule has 0 fully saturated rings. The molecule has 0 saturated heterocycles. The van der Waals surface area contributed by atoms with Crippen molar-refractivity contribution in [2.24, 2.45) is 5.73 Å². The summed E-state index contributed by atoms with van der Waals surface area (Å²) in [6, 6.07) is 12.1. The third kappa shape index (κ3) is 3.09. The quantitative estimate of drug-likeness (QED) is 0.889. The van der Waals surface area contributed by atoms with Gasteiger partial charge in [0.05, 0.1) is 0 Å². The van der Waals surface area contributed by atoms with Gasteiger partial charge in [-0.15, -0.1) is 0 Å². The highest BCUT2D eigenvalue weighted by molar-refractivity contribution is 6.31. The van der Waals surface area contributed by atoms with Crippen LogP contribution in [0.2, 0.25) is 5.02 Å². The molecule has 0 aliphatic rings. The second-order valence-corrected chi connectivity index (χ2v) is 4.87. The van der Waals surface area contributed by atoms with Gasteiger partial charge in [0, 0.05) is 11.1 Å². The van der Waals surface area contributed by atoms with Crippen molar-refractivity contribution in [1.82, 2.24) is 0 Å². The zero-order chi connectivity index (χ0) is 13.1. The van der Waals surface area contributed by atoms with E-state index in [1.807, 2.05) is 31.2 Å². The predicted octanol–water partition coefficient (Wildman–Crippen LogP) is 4.03. The molecule has 0 aliphatic carbocycles. The van der Waals surface area contributed by atoms with E-state index < -0.39 is 0 Å². The van der Waals surface area contributed by atoms with Crippen molar-refractivity contribution in [2.75, 3.05) is 0 Å². The maximum absolute atomic E-state index is 13.2. The molecule has 0 aromatic heterocycles. The molecule has 0 spiro atoms. The summed E-state index contributed by atoms with van der Waals surface area (Å²) in [6.45, 7) is 2.03. The standard InChI is InChI=1S/C15H15ClFN/c1-10-2-4-11(5-3-10)8-15(18)13-9-12(17)6-7-14(13)16/h2-7,9,15H,8,18H2,1H3. The van der Waals surface area contributed by atoms with Crippen LogP contribution in [0.5, 0.6) is 0 Å². The van der Waals surface area contributed by atoms with E-state index in [-0.39, 0.29) is 11.9 Å². The van der Waals surface area contributed by atoms with Crippen LogP contribution in [-0.4, -0.2) is 0 Å². The molecule has 3 heteroatoms. The lowest BCUT2D eigenvalue weighted by molar-refractivity contribution is 0.618. The molecule has 0 heterocycles. The first-order valence-corrected chi connectivity index (χ1v) is 6.20. The Morgan fingerprint density at radius 1 is 1.17 bits per heavy atom. The average molecular weight is 264 g/mol. The summed E-state index contributed by atoms with van der Waals surface area (Å²) >= 11 is 6.04. The van der Waals surface area contributed by atoms with Crippen molar-refractivity contribution >= 4 is 11.6 Å². The number of rotatable bonds is 3. The average Bonchev–Trinajstić information content (AvgIpc) is 2.35. The normalized spacial score (nSPS) is 12.4. The molecule has 1 unspecified atom stereocenters. The Morgan fingerprint density at radius 2 is 1.83 bits per heavy atom. The number of halogens is 2. The van der Waals surface area contributed by atoms with Gasteiger partial charge in [0.25, 0.3) is 0 Å². The molecule has 0 saturated carbocycles. The molecule has 1 atom stereocenters. The second-order valence-electron chi connectivity index (χ2n) is 4.46. The number of aryl methyl sites for hydroxylation is 1. The van der Waals surface area contributed by atoms with Gasteiger partial charge in [0.1, 0.15) is 5.82 Å². The summed E-state index contributed by atoms with van der Waals surface area (Å²) in [4.78, 5) is 0. The zero-order valence-electron chi connectivity index (χ0n) is 10.2. The molecule has 0 radical (unpaired) electrons. The molecular formula is C15H15ClFN. The SMILES string of the molecule is Cc1ccc(CC(N)c2cc(F)ccc2Cl)cc1. The second kappa shape index (κ2) is 5.51. The topological polar surface area (TPSA) is 26.0 Å². The molecule has 2 rings (SSSR count). The molecule has 2 N–H and O–H groups in total. The molecule has 0 amide bonds. The smallest absolute Gasteiger partial charge is 0.123 e. The minimum atomic E-state index is -0.311.